The molecule has 0 saturated carbocycles. The van der Waals surface area contributed by atoms with Crippen molar-refractivity contribution in [1.82, 2.24) is 5.32 Å². The topological polar surface area (TPSA) is 12.0 Å². The van der Waals surface area contributed by atoms with Gasteiger partial charge in [0.05, 0.1) is 6.54 Å². The molecular weight excluding hydrogens is 208 g/mol. The first-order valence-electron chi connectivity index (χ1n) is 4.26. The van der Waals surface area contributed by atoms with E-state index in [0.717, 1.165) is 5.56 Å². The Kier molecular flexibility index (Phi) is 6.41. The van der Waals surface area contributed by atoms with Crippen molar-refractivity contribution in [3.05, 3.63) is 35.9 Å². The lowest BCUT2D eigenvalue weighted by molar-refractivity contribution is 0.142. The third kappa shape index (κ3) is 4.53. The van der Waals surface area contributed by atoms with Crippen molar-refractivity contribution < 1.29 is 8.78 Å². The molecule has 4 heteroatoms. The number of nitrogens with one attached hydrogen (secondary N) is 1. The molecule has 0 amide bonds. The van der Waals surface area contributed by atoms with E-state index in [1.54, 1.807) is 0 Å². The van der Waals surface area contributed by atoms with Gasteiger partial charge in [-0.1, -0.05) is 30.3 Å². The maximum absolute atomic E-state index is 11.8. The van der Waals surface area contributed by atoms with Crippen LogP contribution in [0.1, 0.15) is 18.5 Å². The number of halogens is 3. The van der Waals surface area contributed by atoms with Gasteiger partial charge in [-0.3, -0.25) is 0 Å². The zero-order chi connectivity index (χ0) is 9.68. The van der Waals surface area contributed by atoms with Gasteiger partial charge < -0.3 is 5.32 Å². The van der Waals surface area contributed by atoms with E-state index >= 15 is 0 Å². The summed E-state index contributed by atoms with van der Waals surface area (Å²) >= 11 is 0. The number of alkyl halides is 2. The van der Waals surface area contributed by atoms with Gasteiger partial charge in [0.25, 0.3) is 6.43 Å². The van der Waals surface area contributed by atoms with Crippen LogP contribution in [-0.2, 0) is 0 Å². The first-order chi connectivity index (χ1) is 6.20. The molecule has 0 bridgehead atoms. The maximum Gasteiger partial charge on any atom is 0.250 e. The molecule has 0 saturated heterocycles. The third-order valence-electron chi connectivity index (χ3n) is 1.88. The lowest BCUT2D eigenvalue weighted by Crippen LogP contribution is -2.24. The van der Waals surface area contributed by atoms with Crippen molar-refractivity contribution in [3.8, 4) is 0 Å². The van der Waals surface area contributed by atoms with Crippen LogP contribution in [0.5, 0.6) is 0 Å². The lowest BCUT2D eigenvalue weighted by Gasteiger charge is -2.13. The van der Waals surface area contributed by atoms with Gasteiger partial charge in [-0.15, -0.1) is 12.4 Å². The Labute approximate surface area is 88.9 Å². The van der Waals surface area contributed by atoms with Crippen molar-refractivity contribution >= 4 is 12.4 Å². The van der Waals surface area contributed by atoms with E-state index in [1.807, 2.05) is 37.3 Å². The van der Waals surface area contributed by atoms with E-state index in [4.69, 9.17) is 0 Å². The van der Waals surface area contributed by atoms with Crippen LogP contribution in [0.15, 0.2) is 30.3 Å². The summed E-state index contributed by atoms with van der Waals surface area (Å²) in [6, 6.07) is 9.52. The highest BCUT2D eigenvalue weighted by atomic mass is 35.5. The highest BCUT2D eigenvalue weighted by molar-refractivity contribution is 5.85. The van der Waals surface area contributed by atoms with Crippen molar-refractivity contribution in [1.29, 1.82) is 0 Å². The van der Waals surface area contributed by atoms with Gasteiger partial charge >= 0.3 is 0 Å². The van der Waals surface area contributed by atoms with Gasteiger partial charge in [0, 0.05) is 6.04 Å². The molecule has 0 aliphatic rings. The summed E-state index contributed by atoms with van der Waals surface area (Å²) in [5, 5.41) is 2.75. The quantitative estimate of drug-likeness (QED) is 0.824. The van der Waals surface area contributed by atoms with Crippen LogP contribution in [0.2, 0.25) is 0 Å². The molecule has 1 unspecified atom stereocenters. The molecule has 1 N–H and O–H groups in total. The molecule has 0 aliphatic heterocycles. The standard InChI is InChI=1S/C10H13F2N.ClH/c1-8(13-7-10(11)12)9-5-3-2-4-6-9;/h2-6,8,10,13H,7H2,1H3;1H. The molecule has 1 aromatic carbocycles. The van der Waals surface area contributed by atoms with E-state index in [2.05, 4.69) is 5.32 Å². The fourth-order valence-corrected chi connectivity index (χ4v) is 1.13. The van der Waals surface area contributed by atoms with Crippen molar-refractivity contribution in [2.75, 3.05) is 6.54 Å². The third-order valence-corrected chi connectivity index (χ3v) is 1.88. The number of hydrogen-bond acceptors (Lipinski definition) is 1. The van der Waals surface area contributed by atoms with Gasteiger partial charge in [0.2, 0.25) is 0 Å². The fourth-order valence-electron chi connectivity index (χ4n) is 1.13. The molecule has 0 fully saturated rings. The van der Waals surface area contributed by atoms with Crippen LogP contribution in [0.25, 0.3) is 0 Å². The minimum Gasteiger partial charge on any atom is -0.305 e. The molecule has 1 aromatic rings. The normalized spacial score (nSPS) is 12.3. The molecule has 0 aromatic heterocycles. The molecular formula is C10H14ClF2N. The highest BCUT2D eigenvalue weighted by Crippen LogP contribution is 2.10. The SMILES string of the molecule is CC(NCC(F)F)c1ccccc1.Cl. The smallest absolute Gasteiger partial charge is 0.250 e. The van der Waals surface area contributed by atoms with Crippen LogP contribution in [0, 0.1) is 0 Å². The molecule has 0 aliphatic carbocycles. The Morgan fingerprint density at radius 2 is 1.79 bits per heavy atom. The average molecular weight is 222 g/mol. The summed E-state index contributed by atoms with van der Waals surface area (Å²) in [5.41, 5.74) is 1.03. The van der Waals surface area contributed by atoms with Gasteiger partial charge in [-0.05, 0) is 12.5 Å². The molecule has 14 heavy (non-hydrogen) atoms. The summed E-state index contributed by atoms with van der Waals surface area (Å²) in [4.78, 5) is 0. The van der Waals surface area contributed by atoms with Crippen molar-refractivity contribution in [3.63, 3.8) is 0 Å². The van der Waals surface area contributed by atoms with Crippen molar-refractivity contribution in [2.45, 2.75) is 19.4 Å². The number of hydrogen-bond donors (Lipinski definition) is 1. The van der Waals surface area contributed by atoms with Crippen molar-refractivity contribution in [2.24, 2.45) is 0 Å². The van der Waals surface area contributed by atoms with E-state index in [1.165, 1.54) is 0 Å². The fraction of sp³-hybridized carbons (Fsp3) is 0.400. The largest absolute Gasteiger partial charge is 0.305 e. The number of rotatable bonds is 4. The molecule has 0 heterocycles. The second-order valence-electron chi connectivity index (χ2n) is 2.93. The zero-order valence-electron chi connectivity index (χ0n) is 7.91. The maximum atomic E-state index is 11.8. The van der Waals surface area contributed by atoms with Gasteiger partial charge in [-0.25, -0.2) is 8.78 Å². The Bertz CT molecular complexity index is 241. The van der Waals surface area contributed by atoms with E-state index in [9.17, 15) is 8.78 Å². The summed E-state index contributed by atoms with van der Waals surface area (Å²) in [6.07, 6.45) is -2.29. The van der Waals surface area contributed by atoms with Crippen LogP contribution in [-0.4, -0.2) is 13.0 Å². The van der Waals surface area contributed by atoms with E-state index in [-0.39, 0.29) is 25.0 Å². The molecule has 0 spiro atoms. The lowest BCUT2D eigenvalue weighted by atomic mass is 10.1. The molecule has 0 radical (unpaired) electrons. The second kappa shape index (κ2) is 6.74. The predicted octanol–water partition coefficient (Wildman–Crippen LogP) is 3.02. The molecule has 1 nitrogen and oxygen atoms in total. The van der Waals surface area contributed by atoms with Gasteiger partial charge in [0.1, 0.15) is 0 Å². The Balaban J connectivity index is 0.00000169. The van der Waals surface area contributed by atoms with Crippen LogP contribution < -0.4 is 5.32 Å². The van der Waals surface area contributed by atoms with Crippen LogP contribution >= 0.6 is 12.4 Å². The minimum absolute atomic E-state index is 0. The summed E-state index contributed by atoms with van der Waals surface area (Å²) < 4.78 is 23.7. The Morgan fingerprint density at radius 1 is 1.21 bits per heavy atom. The minimum atomic E-state index is -2.29. The van der Waals surface area contributed by atoms with E-state index in [0.29, 0.717) is 0 Å². The van der Waals surface area contributed by atoms with E-state index < -0.39 is 6.43 Å². The predicted molar refractivity (Wildman–Crippen MR) is 56.1 cm³/mol. The summed E-state index contributed by atoms with van der Waals surface area (Å²) in [6.45, 7) is 1.62. The van der Waals surface area contributed by atoms with Crippen LogP contribution in [0.3, 0.4) is 0 Å². The van der Waals surface area contributed by atoms with Gasteiger partial charge in [0.15, 0.2) is 0 Å². The Morgan fingerprint density at radius 3 is 2.29 bits per heavy atom. The zero-order valence-corrected chi connectivity index (χ0v) is 8.73. The first-order valence-corrected chi connectivity index (χ1v) is 4.26. The molecule has 80 valence electrons. The second-order valence-corrected chi connectivity index (χ2v) is 2.93. The summed E-state index contributed by atoms with van der Waals surface area (Å²) in [5.74, 6) is 0. The first kappa shape index (κ1) is 13.3. The molecule has 1 rings (SSSR count). The molecule has 1 atom stereocenters. The monoisotopic (exact) mass is 221 g/mol. The van der Waals surface area contributed by atoms with Crippen LogP contribution in [0.4, 0.5) is 8.78 Å². The Hall–Kier alpha value is -0.670. The number of benzene rings is 1. The van der Waals surface area contributed by atoms with Gasteiger partial charge in [-0.2, -0.15) is 0 Å². The highest BCUT2D eigenvalue weighted by Gasteiger charge is 2.07. The summed E-state index contributed by atoms with van der Waals surface area (Å²) in [7, 11) is 0. The average Bonchev–Trinajstić information content (AvgIpc) is 2.15.